The Labute approximate surface area is 165 Å². The summed E-state index contributed by atoms with van der Waals surface area (Å²) >= 11 is 3.58. The largest absolute Gasteiger partial charge is 0.497 e. The van der Waals surface area contributed by atoms with Gasteiger partial charge in [-0.1, -0.05) is 18.2 Å². The molecule has 2 aromatic carbocycles. The molecule has 0 bridgehead atoms. The van der Waals surface area contributed by atoms with E-state index in [-0.39, 0.29) is 5.56 Å². The average molecular weight is 430 g/mol. The van der Waals surface area contributed by atoms with Gasteiger partial charge in [0.25, 0.3) is 0 Å². The Morgan fingerprint density at radius 2 is 1.89 bits per heavy atom. The number of carboxylic acid groups (broad SMARTS) is 1. The van der Waals surface area contributed by atoms with Crippen molar-refractivity contribution in [2.75, 3.05) is 12.4 Å². The number of hydrogen-bond acceptors (Lipinski definition) is 4. The van der Waals surface area contributed by atoms with Crippen LogP contribution < -0.4 is 10.1 Å². The molecular weight excluding hydrogens is 410 g/mol. The number of nitrogens with zero attached hydrogens (tertiary/aromatic N) is 2. The SMILES string of the molecule is COc1cc(C)c(Nc2c(Br)c(C)nn2-c2ccccc2C)c(C(=O)O)c1. The Hall–Kier alpha value is -2.80. The second-order valence-corrected chi connectivity index (χ2v) is 7.04. The van der Waals surface area contributed by atoms with Crippen LogP contribution in [0, 0.1) is 20.8 Å². The van der Waals surface area contributed by atoms with Crippen molar-refractivity contribution >= 4 is 33.4 Å². The van der Waals surface area contributed by atoms with E-state index < -0.39 is 5.97 Å². The van der Waals surface area contributed by atoms with E-state index in [0.29, 0.717) is 17.3 Å². The highest BCUT2D eigenvalue weighted by atomic mass is 79.9. The van der Waals surface area contributed by atoms with Gasteiger partial charge in [-0.25, -0.2) is 9.48 Å². The van der Waals surface area contributed by atoms with Gasteiger partial charge in [0.15, 0.2) is 0 Å². The molecule has 1 aromatic heterocycles. The van der Waals surface area contributed by atoms with Gasteiger partial charge in [-0.2, -0.15) is 5.10 Å². The summed E-state index contributed by atoms with van der Waals surface area (Å²) in [5.74, 6) is 0.130. The molecule has 0 spiro atoms. The number of anilines is 2. The second kappa shape index (κ2) is 7.44. The summed E-state index contributed by atoms with van der Waals surface area (Å²) in [6.07, 6.45) is 0. The van der Waals surface area contributed by atoms with Crippen molar-refractivity contribution in [3.05, 3.63) is 63.3 Å². The van der Waals surface area contributed by atoms with Crippen molar-refractivity contribution in [2.24, 2.45) is 0 Å². The first-order valence-corrected chi connectivity index (χ1v) is 9.12. The van der Waals surface area contributed by atoms with E-state index in [1.165, 1.54) is 13.2 Å². The molecule has 2 N–H and O–H groups in total. The maximum atomic E-state index is 11.8. The van der Waals surface area contributed by atoms with Crippen molar-refractivity contribution < 1.29 is 14.6 Å². The zero-order valence-electron chi connectivity index (χ0n) is 15.5. The molecule has 0 saturated heterocycles. The molecule has 7 heteroatoms. The Morgan fingerprint density at radius 3 is 2.52 bits per heavy atom. The lowest BCUT2D eigenvalue weighted by molar-refractivity contribution is 0.0697. The van der Waals surface area contributed by atoms with Crippen molar-refractivity contribution in [1.29, 1.82) is 0 Å². The van der Waals surface area contributed by atoms with E-state index in [2.05, 4.69) is 26.3 Å². The monoisotopic (exact) mass is 429 g/mol. The van der Waals surface area contributed by atoms with E-state index in [1.807, 2.05) is 45.0 Å². The predicted molar refractivity (Wildman–Crippen MR) is 109 cm³/mol. The number of rotatable bonds is 5. The number of aromatic nitrogens is 2. The van der Waals surface area contributed by atoms with Gasteiger partial charge in [0.2, 0.25) is 0 Å². The van der Waals surface area contributed by atoms with Crippen LogP contribution in [-0.2, 0) is 0 Å². The van der Waals surface area contributed by atoms with Crippen LogP contribution in [0.3, 0.4) is 0 Å². The van der Waals surface area contributed by atoms with Crippen LogP contribution >= 0.6 is 15.9 Å². The van der Waals surface area contributed by atoms with Crippen LogP contribution in [0.4, 0.5) is 11.5 Å². The number of hydrogen-bond donors (Lipinski definition) is 2. The van der Waals surface area contributed by atoms with Crippen LogP contribution in [0.5, 0.6) is 5.75 Å². The van der Waals surface area contributed by atoms with Crippen molar-refractivity contribution in [3.8, 4) is 11.4 Å². The van der Waals surface area contributed by atoms with E-state index in [1.54, 1.807) is 10.7 Å². The van der Waals surface area contributed by atoms with Gasteiger partial charge in [0.1, 0.15) is 11.6 Å². The standard InChI is InChI=1S/C20H20BrN3O3/c1-11-7-5-6-8-16(11)24-19(17(21)13(3)23-24)22-18-12(2)9-14(27-4)10-15(18)20(25)26/h5-10,22H,1-4H3,(H,25,26). The minimum absolute atomic E-state index is 0.133. The summed E-state index contributed by atoms with van der Waals surface area (Å²) < 4.78 is 7.77. The van der Waals surface area contributed by atoms with Crippen molar-refractivity contribution in [1.82, 2.24) is 9.78 Å². The molecule has 0 amide bonds. The maximum absolute atomic E-state index is 11.8. The minimum atomic E-state index is -1.03. The Kier molecular flexibility index (Phi) is 5.23. The van der Waals surface area contributed by atoms with Gasteiger partial charge in [-0.15, -0.1) is 0 Å². The first kappa shape index (κ1) is 19.0. The molecule has 3 rings (SSSR count). The van der Waals surface area contributed by atoms with E-state index in [4.69, 9.17) is 4.74 Å². The quantitative estimate of drug-likeness (QED) is 0.595. The van der Waals surface area contributed by atoms with Gasteiger partial charge in [-0.05, 0) is 66.0 Å². The Balaban J connectivity index is 2.18. The normalized spacial score (nSPS) is 10.7. The molecule has 0 aliphatic rings. The van der Waals surface area contributed by atoms with E-state index in [9.17, 15) is 9.90 Å². The zero-order chi connectivity index (χ0) is 19.7. The molecule has 27 heavy (non-hydrogen) atoms. The fourth-order valence-corrected chi connectivity index (χ4v) is 3.26. The highest BCUT2D eigenvalue weighted by Gasteiger charge is 2.20. The summed E-state index contributed by atoms with van der Waals surface area (Å²) in [5.41, 5.74) is 4.16. The molecule has 0 fully saturated rings. The minimum Gasteiger partial charge on any atom is -0.497 e. The van der Waals surface area contributed by atoms with Crippen LogP contribution in [0.25, 0.3) is 5.69 Å². The number of ether oxygens (including phenoxy) is 1. The van der Waals surface area contributed by atoms with Crippen LogP contribution in [0.15, 0.2) is 40.9 Å². The lowest BCUT2D eigenvalue weighted by Gasteiger charge is -2.17. The molecule has 6 nitrogen and oxygen atoms in total. The molecule has 140 valence electrons. The fourth-order valence-electron chi connectivity index (χ4n) is 2.92. The van der Waals surface area contributed by atoms with E-state index >= 15 is 0 Å². The lowest BCUT2D eigenvalue weighted by atomic mass is 10.1. The third-order valence-electron chi connectivity index (χ3n) is 4.35. The van der Waals surface area contributed by atoms with E-state index in [0.717, 1.165) is 27.0 Å². The second-order valence-electron chi connectivity index (χ2n) is 6.24. The number of halogens is 1. The first-order valence-electron chi connectivity index (χ1n) is 8.33. The summed E-state index contributed by atoms with van der Waals surface area (Å²) in [4.78, 5) is 11.8. The van der Waals surface area contributed by atoms with Gasteiger partial charge in [0.05, 0.1) is 34.2 Å². The smallest absolute Gasteiger partial charge is 0.337 e. The van der Waals surface area contributed by atoms with Gasteiger partial charge in [-0.3, -0.25) is 0 Å². The fraction of sp³-hybridized carbons (Fsp3) is 0.200. The van der Waals surface area contributed by atoms with Crippen LogP contribution in [0.2, 0.25) is 0 Å². The molecule has 3 aromatic rings. The topological polar surface area (TPSA) is 76.4 Å². The van der Waals surface area contributed by atoms with Crippen LogP contribution in [-0.4, -0.2) is 28.0 Å². The maximum Gasteiger partial charge on any atom is 0.337 e. The molecule has 0 unspecified atom stereocenters. The number of nitrogens with one attached hydrogen (secondary N) is 1. The Morgan fingerprint density at radius 1 is 1.19 bits per heavy atom. The molecule has 0 saturated carbocycles. The van der Waals surface area contributed by atoms with Gasteiger partial charge >= 0.3 is 5.97 Å². The number of carboxylic acids is 1. The number of methoxy groups -OCH3 is 1. The molecule has 0 atom stereocenters. The highest BCUT2D eigenvalue weighted by Crippen LogP contribution is 2.35. The summed E-state index contributed by atoms with van der Waals surface area (Å²) in [7, 11) is 1.51. The van der Waals surface area contributed by atoms with Gasteiger partial charge < -0.3 is 15.2 Å². The predicted octanol–water partition coefficient (Wildman–Crippen LogP) is 5.01. The molecular formula is C20H20BrN3O3. The number of carbonyl (C=O) groups is 1. The number of benzene rings is 2. The Bertz CT molecular complexity index is 1030. The summed E-state index contributed by atoms with van der Waals surface area (Å²) in [5, 5.41) is 17.5. The number of para-hydroxylation sites is 1. The summed E-state index contributed by atoms with van der Waals surface area (Å²) in [6, 6.07) is 11.2. The zero-order valence-corrected chi connectivity index (χ0v) is 17.1. The molecule has 1 heterocycles. The lowest BCUT2D eigenvalue weighted by Crippen LogP contribution is -2.09. The molecule has 0 radical (unpaired) electrons. The summed E-state index contributed by atoms with van der Waals surface area (Å²) in [6.45, 7) is 5.74. The third-order valence-corrected chi connectivity index (χ3v) is 5.30. The first-order chi connectivity index (χ1) is 12.8. The third kappa shape index (κ3) is 3.55. The van der Waals surface area contributed by atoms with Crippen molar-refractivity contribution in [2.45, 2.75) is 20.8 Å². The average Bonchev–Trinajstić information content (AvgIpc) is 2.91. The molecule has 0 aliphatic carbocycles. The number of aryl methyl sites for hydroxylation is 3. The molecule has 0 aliphatic heterocycles. The van der Waals surface area contributed by atoms with Crippen molar-refractivity contribution in [3.63, 3.8) is 0 Å². The highest BCUT2D eigenvalue weighted by molar-refractivity contribution is 9.10. The van der Waals surface area contributed by atoms with Gasteiger partial charge in [0, 0.05) is 0 Å². The van der Waals surface area contributed by atoms with Crippen LogP contribution in [0.1, 0.15) is 27.2 Å². The number of aromatic carboxylic acids is 1.